The van der Waals surface area contributed by atoms with Gasteiger partial charge in [-0.15, -0.1) is 22.7 Å². The molecule has 4 aromatic heterocycles. The van der Waals surface area contributed by atoms with Gasteiger partial charge in [-0.2, -0.15) is 22.0 Å². The summed E-state index contributed by atoms with van der Waals surface area (Å²) in [6, 6.07) is 23.6. The molecule has 2 aromatic carbocycles. The Morgan fingerprint density at radius 1 is 0.744 bits per heavy atom. The van der Waals surface area contributed by atoms with Crippen molar-refractivity contribution in [3.8, 4) is 43.7 Å². The minimum absolute atomic E-state index is 0. The molecule has 0 bridgehead atoms. The summed E-state index contributed by atoms with van der Waals surface area (Å²) in [4.78, 5) is 2.32. The maximum Gasteiger partial charge on any atom is 0.0968 e. The minimum Gasteiger partial charge on any atom is -0.412 e. The molecule has 0 saturated carbocycles. The second-order valence-corrected chi connectivity index (χ2v) is 14.0. The number of nitrogens with one attached hydrogen (secondary N) is 2. The van der Waals surface area contributed by atoms with Gasteiger partial charge in [-0.1, -0.05) is 59.6 Å². The van der Waals surface area contributed by atoms with Crippen LogP contribution in [0.15, 0.2) is 83.6 Å². The van der Waals surface area contributed by atoms with E-state index in [1.807, 2.05) is 66.0 Å². The van der Waals surface area contributed by atoms with E-state index in [4.69, 9.17) is 23.2 Å². The van der Waals surface area contributed by atoms with E-state index in [1.54, 1.807) is 40.7 Å². The van der Waals surface area contributed by atoms with Crippen molar-refractivity contribution < 1.29 is 15.2 Å². The van der Waals surface area contributed by atoms with Crippen molar-refractivity contribution in [2.45, 2.75) is 11.5 Å². The van der Waals surface area contributed by atoms with Crippen LogP contribution in [0.2, 0.25) is 10.0 Å². The molecule has 226 valence electrons. The van der Waals surface area contributed by atoms with Gasteiger partial charge in [0.2, 0.25) is 0 Å². The Labute approximate surface area is 274 Å². The molecule has 0 radical (unpaired) electrons. The molecule has 1 unspecified atom stereocenters. The van der Waals surface area contributed by atoms with Gasteiger partial charge in [0, 0.05) is 55.1 Å². The number of thiophene rings is 2. The molecule has 6 N–H and O–H groups in total. The van der Waals surface area contributed by atoms with Gasteiger partial charge < -0.3 is 11.0 Å². The minimum atomic E-state index is -0.937. The molecule has 4 heterocycles. The fourth-order valence-corrected chi connectivity index (χ4v) is 7.31. The zero-order chi connectivity index (χ0) is 28.8. The summed E-state index contributed by atoms with van der Waals surface area (Å²) >= 11 is 17.1. The monoisotopic (exact) mass is 692 g/mol. The number of aromatic amines is 2. The van der Waals surface area contributed by atoms with Gasteiger partial charge in [0.1, 0.15) is 0 Å². The average Bonchev–Trinajstić information content (AvgIpc) is 3.77. The SMILES string of the molecule is CS(=O)Cc1c(-c2ccc(Cl)cc2)n[nH]c1-c1cccs1.CSCc1c(-c2ccc(Cl)cc2)n[nH]c1-c1cccs1.O.O. The third kappa shape index (κ3) is 8.46. The summed E-state index contributed by atoms with van der Waals surface area (Å²) in [6.07, 6.45) is 3.81. The van der Waals surface area contributed by atoms with Crippen molar-refractivity contribution in [3.63, 3.8) is 0 Å². The molecule has 43 heavy (non-hydrogen) atoms. The summed E-state index contributed by atoms with van der Waals surface area (Å²) in [7, 11) is -0.937. The smallest absolute Gasteiger partial charge is 0.0968 e. The molecular formula is C30H30Cl2N4O3S4. The number of H-pyrrole nitrogens is 2. The van der Waals surface area contributed by atoms with E-state index in [0.29, 0.717) is 10.8 Å². The molecule has 0 aliphatic heterocycles. The standard InChI is InChI=1S/C15H13ClN2OS2.C15H13ClN2S2.2H2O/c1-21(19)9-12-14(10-4-6-11(16)7-5-10)17-18-15(12)13-3-2-8-20-13;1-19-9-12-14(10-4-6-11(16)7-5-10)17-18-15(12)13-3-2-8-20-13;;/h2-8H,9H2,1H3,(H,17,18);2-8H,9H2,1H3,(H,17,18);2*1H2. The average molecular weight is 694 g/mol. The summed E-state index contributed by atoms with van der Waals surface area (Å²) in [6.45, 7) is 0. The van der Waals surface area contributed by atoms with Crippen LogP contribution in [0.5, 0.6) is 0 Å². The van der Waals surface area contributed by atoms with Gasteiger partial charge in [-0.3, -0.25) is 14.4 Å². The van der Waals surface area contributed by atoms with Gasteiger partial charge in [-0.05, 0) is 53.4 Å². The first-order valence-corrected chi connectivity index (χ1v) is 18.1. The van der Waals surface area contributed by atoms with Crippen LogP contribution in [-0.2, 0) is 22.3 Å². The summed E-state index contributed by atoms with van der Waals surface area (Å²) in [5, 5.41) is 20.8. The van der Waals surface area contributed by atoms with Crippen LogP contribution >= 0.6 is 57.6 Å². The van der Waals surface area contributed by atoms with Crippen LogP contribution in [-0.4, -0.2) is 48.1 Å². The Balaban J connectivity index is 0.000000225. The molecule has 6 aromatic rings. The first-order valence-electron chi connectivity index (χ1n) is 12.5. The predicted molar refractivity (Wildman–Crippen MR) is 187 cm³/mol. The second-order valence-electron chi connectivity index (χ2n) is 8.97. The van der Waals surface area contributed by atoms with E-state index < -0.39 is 10.8 Å². The quantitative estimate of drug-likeness (QED) is 0.167. The van der Waals surface area contributed by atoms with Crippen molar-refractivity contribution in [2.24, 2.45) is 0 Å². The van der Waals surface area contributed by atoms with Crippen molar-refractivity contribution in [1.82, 2.24) is 20.4 Å². The lowest BCUT2D eigenvalue weighted by atomic mass is 10.1. The number of thioether (sulfide) groups is 1. The van der Waals surface area contributed by atoms with Crippen molar-refractivity contribution in [2.75, 3.05) is 12.5 Å². The zero-order valence-corrected chi connectivity index (χ0v) is 28.0. The highest BCUT2D eigenvalue weighted by Crippen LogP contribution is 2.35. The number of nitrogens with zero attached hydrogens (tertiary/aromatic N) is 2. The van der Waals surface area contributed by atoms with Crippen molar-refractivity contribution >= 4 is 68.4 Å². The van der Waals surface area contributed by atoms with Gasteiger partial charge in [-0.25, -0.2) is 0 Å². The molecule has 6 rings (SSSR count). The highest BCUT2D eigenvalue weighted by molar-refractivity contribution is 7.97. The van der Waals surface area contributed by atoms with E-state index in [2.05, 4.69) is 44.2 Å². The molecule has 13 heteroatoms. The van der Waals surface area contributed by atoms with E-state index in [9.17, 15) is 4.21 Å². The lowest BCUT2D eigenvalue weighted by Gasteiger charge is -2.04. The topological polar surface area (TPSA) is 137 Å². The van der Waals surface area contributed by atoms with Gasteiger partial charge in [0.15, 0.2) is 0 Å². The van der Waals surface area contributed by atoms with Crippen LogP contribution in [0.25, 0.3) is 43.7 Å². The van der Waals surface area contributed by atoms with Crippen molar-refractivity contribution in [3.05, 3.63) is 105 Å². The Morgan fingerprint density at radius 2 is 1.19 bits per heavy atom. The normalized spacial score (nSPS) is 11.2. The lowest BCUT2D eigenvalue weighted by Crippen LogP contribution is -1.95. The van der Waals surface area contributed by atoms with Crippen LogP contribution in [0, 0.1) is 0 Å². The zero-order valence-electron chi connectivity index (χ0n) is 23.2. The number of aromatic nitrogens is 4. The summed E-state index contributed by atoms with van der Waals surface area (Å²) in [5.74, 6) is 1.41. The summed E-state index contributed by atoms with van der Waals surface area (Å²) in [5.41, 5.74) is 8.23. The Bertz CT molecular complexity index is 1720. The van der Waals surface area contributed by atoms with Gasteiger partial charge in [0.05, 0.1) is 38.3 Å². The first kappa shape index (κ1) is 34.7. The fourth-order valence-electron chi connectivity index (χ4n) is 4.30. The number of hydrogen-bond donors (Lipinski definition) is 2. The fraction of sp³-hybridized carbons (Fsp3) is 0.133. The molecule has 0 aliphatic rings. The summed E-state index contributed by atoms with van der Waals surface area (Å²) < 4.78 is 11.7. The highest BCUT2D eigenvalue weighted by atomic mass is 35.5. The van der Waals surface area contributed by atoms with Gasteiger partial charge >= 0.3 is 0 Å². The Morgan fingerprint density at radius 3 is 1.58 bits per heavy atom. The lowest BCUT2D eigenvalue weighted by molar-refractivity contribution is 0.686. The van der Waals surface area contributed by atoms with E-state index >= 15 is 0 Å². The first-order chi connectivity index (χ1) is 19.9. The van der Waals surface area contributed by atoms with Crippen LogP contribution in [0.1, 0.15) is 11.1 Å². The molecular weight excluding hydrogens is 664 g/mol. The third-order valence-electron chi connectivity index (χ3n) is 6.14. The maximum atomic E-state index is 11.7. The molecule has 0 spiro atoms. The second kappa shape index (κ2) is 16.4. The largest absolute Gasteiger partial charge is 0.412 e. The molecule has 7 nitrogen and oxygen atoms in total. The number of rotatable bonds is 8. The molecule has 0 amide bonds. The predicted octanol–water partition coefficient (Wildman–Crippen LogP) is 8.01. The molecule has 0 saturated heterocycles. The van der Waals surface area contributed by atoms with E-state index in [1.165, 1.54) is 10.4 Å². The molecule has 0 aliphatic carbocycles. The van der Waals surface area contributed by atoms with E-state index in [0.717, 1.165) is 55.1 Å². The molecule has 0 fully saturated rings. The highest BCUT2D eigenvalue weighted by Gasteiger charge is 2.18. The maximum absolute atomic E-state index is 11.7. The number of benzene rings is 2. The Hall–Kier alpha value is -2.74. The van der Waals surface area contributed by atoms with Crippen molar-refractivity contribution in [1.29, 1.82) is 0 Å². The number of hydrogen-bond acceptors (Lipinski definition) is 6. The van der Waals surface area contributed by atoms with E-state index in [-0.39, 0.29) is 11.0 Å². The number of halogens is 2. The molecule has 1 atom stereocenters. The van der Waals surface area contributed by atoms with Gasteiger partial charge in [0.25, 0.3) is 0 Å². The van der Waals surface area contributed by atoms with Crippen LogP contribution < -0.4 is 0 Å². The van der Waals surface area contributed by atoms with Crippen LogP contribution in [0.4, 0.5) is 0 Å². The van der Waals surface area contributed by atoms with Crippen LogP contribution in [0.3, 0.4) is 0 Å². The Kier molecular flexibility index (Phi) is 13.2. The third-order valence-corrected chi connectivity index (χ3v) is 9.69.